The summed E-state index contributed by atoms with van der Waals surface area (Å²) < 4.78 is 0. The monoisotopic (exact) mass is 394 g/mol. The van der Waals surface area contributed by atoms with Crippen molar-refractivity contribution in [1.29, 1.82) is 0 Å². The van der Waals surface area contributed by atoms with E-state index in [1.165, 1.54) is 0 Å². The average Bonchev–Trinajstić information content (AvgIpc) is 3.14. The normalized spacial score (nSPS) is 11.6. The topological polar surface area (TPSA) is 123 Å². The summed E-state index contributed by atoms with van der Waals surface area (Å²) in [5.41, 5.74) is 2.62. The molecule has 0 bridgehead atoms. The average molecular weight is 394 g/mol. The van der Waals surface area contributed by atoms with Gasteiger partial charge in [-0.3, -0.25) is 4.79 Å². The second-order valence-corrected chi connectivity index (χ2v) is 6.54. The number of aliphatic carboxylic acids is 1. The number of rotatable bonds is 8. The van der Waals surface area contributed by atoms with Crippen LogP contribution in [0.3, 0.4) is 0 Å². The molecule has 1 unspecified atom stereocenters. The minimum Gasteiger partial charge on any atom is -0.480 e. The number of aromatic nitrogens is 1. The lowest BCUT2D eigenvalue weighted by molar-refractivity contribution is -0.139. The standard InChI is InChI=1S/C21H22N4O4/c26-19(23-11-14-6-2-1-3-7-14)13-24-21(29)25-18(20(27)28)10-15-12-22-17-9-5-4-8-16(15)17/h1-9,12,18,22H,10-11,13H2,(H,23,26)(H,27,28)(H2,24,25,29). The van der Waals surface area contributed by atoms with Gasteiger partial charge >= 0.3 is 12.0 Å². The van der Waals surface area contributed by atoms with Gasteiger partial charge < -0.3 is 26.0 Å². The number of carbonyl (C=O) groups is 3. The van der Waals surface area contributed by atoms with Gasteiger partial charge in [0.2, 0.25) is 5.91 Å². The lowest BCUT2D eigenvalue weighted by Gasteiger charge is -2.15. The van der Waals surface area contributed by atoms with E-state index < -0.39 is 18.0 Å². The van der Waals surface area contributed by atoms with Gasteiger partial charge in [-0.2, -0.15) is 0 Å². The molecule has 150 valence electrons. The van der Waals surface area contributed by atoms with Crippen molar-refractivity contribution in [3.63, 3.8) is 0 Å². The Bertz CT molecular complexity index is 1000. The first-order valence-corrected chi connectivity index (χ1v) is 9.15. The number of amides is 3. The van der Waals surface area contributed by atoms with Gasteiger partial charge in [0.15, 0.2) is 0 Å². The van der Waals surface area contributed by atoms with Crippen LogP contribution < -0.4 is 16.0 Å². The van der Waals surface area contributed by atoms with E-state index in [1.807, 2.05) is 54.6 Å². The smallest absolute Gasteiger partial charge is 0.326 e. The molecule has 0 fully saturated rings. The number of carboxylic acid groups (broad SMARTS) is 1. The highest BCUT2D eigenvalue weighted by Crippen LogP contribution is 2.19. The van der Waals surface area contributed by atoms with Crippen molar-refractivity contribution < 1.29 is 19.5 Å². The number of hydrogen-bond acceptors (Lipinski definition) is 3. The lowest BCUT2D eigenvalue weighted by atomic mass is 10.1. The van der Waals surface area contributed by atoms with E-state index in [4.69, 9.17) is 0 Å². The Balaban J connectivity index is 1.49. The number of benzene rings is 2. The number of nitrogens with one attached hydrogen (secondary N) is 4. The summed E-state index contributed by atoms with van der Waals surface area (Å²) in [6.45, 7) is 0.0966. The molecule has 2 aromatic carbocycles. The van der Waals surface area contributed by atoms with Crippen molar-refractivity contribution >= 4 is 28.8 Å². The maximum absolute atomic E-state index is 12.1. The molecule has 0 aliphatic carbocycles. The van der Waals surface area contributed by atoms with Crippen LogP contribution in [-0.2, 0) is 22.6 Å². The second-order valence-electron chi connectivity index (χ2n) is 6.54. The molecule has 3 aromatic rings. The van der Waals surface area contributed by atoms with Crippen molar-refractivity contribution in [3.8, 4) is 0 Å². The van der Waals surface area contributed by atoms with Crippen LogP contribution in [0.1, 0.15) is 11.1 Å². The Morgan fingerprint density at radius 1 is 0.966 bits per heavy atom. The third-order valence-corrected chi connectivity index (χ3v) is 4.44. The summed E-state index contributed by atoms with van der Waals surface area (Å²) in [6, 6.07) is 15.1. The predicted molar refractivity (Wildman–Crippen MR) is 108 cm³/mol. The SMILES string of the molecule is O=C(CNC(=O)NC(Cc1c[nH]c2ccccc12)C(=O)O)NCc1ccccc1. The van der Waals surface area contributed by atoms with Crippen molar-refractivity contribution in [3.05, 3.63) is 71.9 Å². The first-order valence-electron chi connectivity index (χ1n) is 9.15. The maximum atomic E-state index is 12.1. The third kappa shape index (κ3) is 5.58. The minimum atomic E-state index is -1.15. The molecule has 3 amide bonds. The highest BCUT2D eigenvalue weighted by molar-refractivity contribution is 5.88. The summed E-state index contributed by atoms with van der Waals surface area (Å²) >= 11 is 0. The molecule has 0 aliphatic heterocycles. The van der Waals surface area contributed by atoms with Gasteiger partial charge in [-0.25, -0.2) is 9.59 Å². The molecule has 8 nitrogen and oxygen atoms in total. The van der Waals surface area contributed by atoms with E-state index in [9.17, 15) is 19.5 Å². The summed E-state index contributed by atoms with van der Waals surface area (Å²) in [5, 5.41) is 17.8. The lowest BCUT2D eigenvalue weighted by Crippen LogP contribution is -2.49. The highest BCUT2D eigenvalue weighted by Gasteiger charge is 2.22. The number of aromatic amines is 1. The van der Waals surface area contributed by atoms with Crippen molar-refractivity contribution in [2.45, 2.75) is 19.0 Å². The van der Waals surface area contributed by atoms with Crippen molar-refractivity contribution in [2.24, 2.45) is 0 Å². The molecular weight excluding hydrogens is 372 g/mol. The van der Waals surface area contributed by atoms with E-state index in [0.29, 0.717) is 6.54 Å². The first-order chi connectivity index (χ1) is 14.0. The number of para-hydroxylation sites is 1. The van der Waals surface area contributed by atoms with Gasteiger partial charge in [0.1, 0.15) is 6.04 Å². The number of hydrogen-bond donors (Lipinski definition) is 5. The molecule has 3 rings (SSSR count). The highest BCUT2D eigenvalue weighted by atomic mass is 16.4. The van der Waals surface area contributed by atoms with Crippen LogP contribution in [0.4, 0.5) is 4.79 Å². The van der Waals surface area contributed by atoms with Crippen LogP contribution in [0.5, 0.6) is 0 Å². The number of urea groups is 1. The van der Waals surface area contributed by atoms with Gasteiger partial charge in [-0.15, -0.1) is 0 Å². The van der Waals surface area contributed by atoms with Crippen LogP contribution in [-0.4, -0.2) is 40.6 Å². The molecule has 1 atom stereocenters. The fourth-order valence-corrected chi connectivity index (χ4v) is 2.95. The Morgan fingerprint density at radius 2 is 1.69 bits per heavy atom. The van der Waals surface area contributed by atoms with Gasteiger partial charge in [0, 0.05) is 30.1 Å². The minimum absolute atomic E-state index is 0.118. The van der Waals surface area contributed by atoms with Crippen molar-refractivity contribution in [1.82, 2.24) is 20.9 Å². The fourth-order valence-electron chi connectivity index (χ4n) is 2.95. The quantitative estimate of drug-likeness (QED) is 0.399. The summed E-state index contributed by atoms with van der Waals surface area (Å²) in [7, 11) is 0. The number of carboxylic acids is 1. The van der Waals surface area contributed by atoms with E-state index in [-0.39, 0.29) is 18.9 Å². The van der Waals surface area contributed by atoms with E-state index >= 15 is 0 Å². The first kappa shape index (κ1) is 19.9. The number of carbonyl (C=O) groups excluding carboxylic acids is 2. The molecule has 29 heavy (non-hydrogen) atoms. The van der Waals surface area contributed by atoms with Crippen LogP contribution >= 0.6 is 0 Å². The van der Waals surface area contributed by atoms with E-state index in [0.717, 1.165) is 22.0 Å². The molecule has 0 radical (unpaired) electrons. The molecule has 0 saturated carbocycles. The van der Waals surface area contributed by atoms with Crippen LogP contribution in [0.15, 0.2) is 60.8 Å². The Hall–Kier alpha value is -3.81. The summed E-state index contributed by atoms with van der Waals surface area (Å²) in [4.78, 5) is 38.6. The Morgan fingerprint density at radius 3 is 2.45 bits per heavy atom. The van der Waals surface area contributed by atoms with Gasteiger partial charge in [0.05, 0.1) is 6.54 Å². The zero-order chi connectivity index (χ0) is 20.6. The van der Waals surface area contributed by atoms with Crippen LogP contribution in [0, 0.1) is 0 Å². The van der Waals surface area contributed by atoms with Crippen LogP contribution in [0.25, 0.3) is 10.9 Å². The zero-order valence-electron chi connectivity index (χ0n) is 15.6. The third-order valence-electron chi connectivity index (χ3n) is 4.44. The largest absolute Gasteiger partial charge is 0.480 e. The molecule has 8 heteroatoms. The number of fused-ring (bicyclic) bond motifs is 1. The second kappa shape index (κ2) is 9.41. The van der Waals surface area contributed by atoms with Gasteiger partial charge in [0.25, 0.3) is 0 Å². The maximum Gasteiger partial charge on any atom is 0.326 e. The predicted octanol–water partition coefficient (Wildman–Crippen LogP) is 1.78. The molecular formula is C21H22N4O4. The molecule has 5 N–H and O–H groups in total. The zero-order valence-corrected chi connectivity index (χ0v) is 15.6. The molecule has 0 saturated heterocycles. The summed E-state index contributed by atoms with van der Waals surface area (Å²) in [6.07, 6.45) is 1.85. The van der Waals surface area contributed by atoms with E-state index in [2.05, 4.69) is 20.9 Å². The van der Waals surface area contributed by atoms with E-state index in [1.54, 1.807) is 6.20 Å². The molecule has 1 heterocycles. The van der Waals surface area contributed by atoms with Crippen LogP contribution in [0.2, 0.25) is 0 Å². The molecule has 0 aliphatic rings. The Kier molecular flexibility index (Phi) is 6.47. The molecule has 0 spiro atoms. The van der Waals surface area contributed by atoms with Crippen molar-refractivity contribution in [2.75, 3.05) is 6.54 Å². The fraction of sp³-hybridized carbons (Fsp3) is 0.190. The summed E-state index contributed by atoms with van der Waals surface area (Å²) in [5.74, 6) is -1.52. The molecule has 1 aromatic heterocycles. The van der Waals surface area contributed by atoms with Gasteiger partial charge in [-0.1, -0.05) is 48.5 Å². The van der Waals surface area contributed by atoms with Gasteiger partial charge in [-0.05, 0) is 17.2 Å². The number of H-pyrrole nitrogens is 1. The Labute approximate surface area is 167 Å².